The Morgan fingerprint density at radius 2 is 1.95 bits per heavy atom. The summed E-state index contributed by atoms with van der Waals surface area (Å²) < 4.78 is 0. The molecule has 0 saturated heterocycles. The van der Waals surface area contributed by atoms with Crippen molar-refractivity contribution in [3.8, 4) is 0 Å². The largest absolute Gasteiger partial charge is 0.324 e. The highest BCUT2D eigenvalue weighted by Gasteiger charge is 2.16. The maximum Gasteiger partial charge on any atom is 0.238 e. The van der Waals surface area contributed by atoms with Crippen molar-refractivity contribution in [1.29, 1.82) is 0 Å². The Morgan fingerprint density at radius 1 is 1.27 bits per heavy atom. The van der Waals surface area contributed by atoms with Crippen LogP contribution in [0, 0.1) is 0 Å². The molecule has 6 heteroatoms. The fourth-order valence-corrected chi connectivity index (χ4v) is 2.40. The number of hydrogen-bond acceptors (Lipinski definition) is 3. The highest BCUT2D eigenvalue weighted by molar-refractivity contribution is 6.43. The number of carbonyl (C=O) groups is 1. The summed E-state index contributed by atoms with van der Waals surface area (Å²) in [7, 11) is 1.89. The molecule has 1 aromatic carbocycles. The van der Waals surface area contributed by atoms with E-state index in [9.17, 15) is 4.79 Å². The predicted octanol–water partition coefficient (Wildman–Crippen LogP) is 4.02. The van der Waals surface area contributed by atoms with E-state index in [-0.39, 0.29) is 18.5 Å². The fourth-order valence-electron chi connectivity index (χ4n) is 2.05. The topological polar surface area (TPSA) is 45.2 Å². The van der Waals surface area contributed by atoms with E-state index < -0.39 is 0 Å². The molecular weight excluding hydrogens is 321 g/mol. The van der Waals surface area contributed by atoms with Crippen LogP contribution in [0.1, 0.15) is 18.5 Å². The Balaban J connectivity index is 1.98. The summed E-state index contributed by atoms with van der Waals surface area (Å²) in [6, 6.07) is 9.12. The third kappa shape index (κ3) is 4.19. The maximum atomic E-state index is 12.2. The minimum absolute atomic E-state index is 0.101. The Hall–Kier alpha value is -1.62. The van der Waals surface area contributed by atoms with Crippen molar-refractivity contribution < 1.29 is 4.79 Å². The second kappa shape index (κ2) is 7.58. The lowest BCUT2D eigenvalue weighted by atomic mass is 10.1. The van der Waals surface area contributed by atoms with Crippen LogP contribution < -0.4 is 5.32 Å². The second-order valence-electron chi connectivity index (χ2n) is 5.02. The summed E-state index contributed by atoms with van der Waals surface area (Å²) in [6.07, 6.45) is 3.48. The molecule has 0 fully saturated rings. The molecule has 1 N–H and O–H groups in total. The van der Waals surface area contributed by atoms with Gasteiger partial charge in [-0.05, 0) is 43.8 Å². The number of nitrogens with one attached hydrogen (secondary N) is 1. The standard InChI is InChI=1S/C16H17Cl2N3O/c1-11(12-6-8-19-9-7-12)21(2)10-15(22)20-14-5-3-4-13(17)16(14)18/h3-9,11H,10H2,1-2H3,(H,20,22)/t11-/m0/s1. The molecule has 22 heavy (non-hydrogen) atoms. The molecule has 1 heterocycles. The monoisotopic (exact) mass is 337 g/mol. The molecule has 0 aliphatic rings. The number of rotatable bonds is 5. The summed E-state index contributed by atoms with van der Waals surface area (Å²) in [5.74, 6) is -0.146. The molecule has 2 aromatic rings. The van der Waals surface area contributed by atoms with Gasteiger partial charge >= 0.3 is 0 Å². The molecular formula is C16H17Cl2N3O. The molecule has 2 rings (SSSR count). The van der Waals surface area contributed by atoms with Gasteiger partial charge in [-0.15, -0.1) is 0 Å². The van der Waals surface area contributed by atoms with Crippen LogP contribution in [0.15, 0.2) is 42.7 Å². The first-order valence-electron chi connectivity index (χ1n) is 6.83. The lowest BCUT2D eigenvalue weighted by Gasteiger charge is -2.24. The number of pyridine rings is 1. The summed E-state index contributed by atoms with van der Waals surface area (Å²) in [5.41, 5.74) is 1.62. The number of nitrogens with zero attached hydrogens (tertiary/aromatic N) is 2. The number of hydrogen-bond donors (Lipinski definition) is 1. The quantitative estimate of drug-likeness (QED) is 0.896. The van der Waals surface area contributed by atoms with Crippen molar-refractivity contribution in [1.82, 2.24) is 9.88 Å². The first-order chi connectivity index (χ1) is 10.5. The van der Waals surface area contributed by atoms with Crippen molar-refractivity contribution in [2.24, 2.45) is 0 Å². The van der Waals surface area contributed by atoms with Crippen LogP contribution in [0.3, 0.4) is 0 Å². The van der Waals surface area contributed by atoms with Gasteiger partial charge in [0.1, 0.15) is 0 Å². The van der Waals surface area contributed by atoms with Crippen LogP contribution in [-0.4, -0.2) is 29.4 Å². The highest BCUT2D eigenvalue weighted by atomic mass is 35.5. The first-order valence-corrected chi connectivity index (χ1v) is 7.58. The number of amides is 1. The Bertz CT molecular complexity index is 649. The van der Waals surface area contributed by atoms with E-state index in [2.05, 4.69) is 10.3 Å². The van der Waals surface area contributed by atoms with Crippen LogP contribution in [0.2, 0.25) is 10.0 Å². The van der Waals surface area contributed by atoms with Crippen molar-refractivity contribution in [3.63, 3.8) is 0 Å². The van der Waals surface area contributed by atoms with E-state index in [1.54, 1.807) is 30.6 Å². The van der Waals surface area contributed by atoms with Crippen LogP contribution in [0.25, 0.3) is 0 Å². The van der Waals surface area contributed by atoms with Gasteiger partial charge in [0.2, 0.25) is 5.91 Å². The fraction of sp³-hybridized carbons (Fsp3) is 0.250. The average molecular weight is 338 g/mol. The van der Waals surface area contributed by atoms with Gasteiger partial charge in [0, 0.05) is 18.4 Å². The van der Waals surface area contributed by atoms with Crippen molar-refractivity contribution in [2.45, 2.75) is 13.0 Å². The first kappa shape index (κ1) is 16.7. The molecule has 0 saturated carbocycles. The third-order valence-electron chi connectivity index (χ3n) is 3.47. The normalized spacial score (nSPS) is 12.2. The van der Waals surface area contributed by atoms with Crippen LogP contribution >= 0.6 is 23.2 Å². The Labute approximate surface area is 140 Å². The van der Waals surface area contributed by atoms with Gasteiger partial charge in [0.25, 0.3) is 0 Å². The number of likely N-dealkylation sites (N-methyl/N-ethyl adjacent to an activating group) is 1. The lowest BCUT2D eigenvalue weighted by Crippen LogP contribution is -2.32. The number of aromatic nitrogens is 1. The zero-order valence-electron chi connectivity index (χ0n) is 12.4. The Morgan fingerprint density at radius 3 is 2.64 bits per heavy atom. The van der Waals surface area contributed by atoms with Crippen LogP contribution in [-0.2, 0) is 4.79 Å². The molecule has 0 radical (unpaired) electrons. The summed E-state index contributed by atoms with van der Waals surface area (Å²) in [5, 5.41) is 3.54. The van der Waals surface area contributed by atoms with Gasteiger partial charge in [-0.25, -0.2) is 0 Å². The molecule has 0 unspecified atom stereocenters. The molecule has 0 spiro atoms. The minimum atomic E-state index is -0.146. The van der Waals surface area contributed by atoms with Gasteiger partial charge in [-0.2, -0.15) is 0 Å². The van der Waals surface area contributed by atoms with E-state index in [0.717, 1.165) is 5.56 Å². The molecule has 1 atom stereocenters. The number of anilines is 1. The summed E-state index contributed by atoms with van der Waals surface area (Å²) in [4.78, 5) is 18.1. The number of benzene rings is 1. The summed E-state index contributed by atoms with van der Waals surface area (Å²) in [6.45, 7) is 2.28. The van der Waals surface area contributed by atoms with Gasteiger partial charge in [-0.3, -0.25) is 14.7 Å². The zero-order chi connectivity index (χ0) is 16.1. The highest BCUT2D eigenvalue weighted by Crippen LogP contribution is 2.29. The smallest absolute Gasteiger partial charge is 0.238 e. The summed E-state index contributed by atoms with van der Waals surface area (Å²) >= 11 is 12.0. The maximum absolute atomic E-state index is 12.2. The van der Waals surface area contributed by atoms with E-state index in [4.69, 9.17) is 23.2 Å². The molecule has 1 amide bonds. The van der Waals surface area contributed by atoms with Crippen molar-refractivity contribution in [2.75, 3.05) is 18.9 Å². The molecule has 0 aliphatic heterocycles. The van der Waals surface area contributed by atoms with E-state index >= 15 is 0 Å². The number of halogens is 2. The van der Waals surface area contributed by atoms with Gasteiger partial charge in [0.05, 0.1) is 22.3 Å². The van der Waals surface area contributed by atoms with E-state index in [0.29, 0.717) is 15.7 Å². The number of carbonyl (C=O) groups excluding carboxylic acids is 1. The minimum Gasteiger partial charge on any atom is -0.324 e. The van der Waals surface area contributed by atoms with E-state index in [1.807, 2.05) is 31.0 Å². The van der Waals surface area contributed by atoms with Crippen molar-refractivity contribution in [3.05, 3.63) is 58.3 Å². The molecule has 1 aromatic heterocycles. The van der Waals surface area contributed by atoms with Gasteiger partial charge in [0.15, 0.2) is 0 Å². The molecule has 0 aliphatic carbocycles. The molecule has 116 valence electrons. The zero-order valence-corrected chi connectivity index (χ0v) is 13.9. The van der Waals surface area contributed by atoms with Crippen LogP contribution in [0.4, 0.5) is 5.69 Å². The SMILES string of the molecule is C[C@@H](c1ccncc1)N(C)CC(=O)Nc1cccc(Cl)c1Cl. The average Bonchev–Trinajstić information content (AvgIpc) is 2.52. The molecule has 0 bridgehead atoms. The predicted molar refractivity (Wildman–Crippen MR) is 90.4 cm³/mol. The van der Waals surface area contributed by atoms with Gasteiger partial charge in [-0.1, -0.05) is 29.3 Å². The second-order valence-corrected chi connectivity index (χ2v) is 5.81. The Kier molecular flexibility index (Phi) is 5.77. The van der Waals surface area contributed by atoms with E-state index in [1.165, 1.54) is 0 Å². The third-order valence-corrected chi connectivity index (χ3v) is 4.29. The lowest BCUT2D eigenvalue weighted by molar-refractivity contribution is -0.117. The van der Waals surface area contributed by atoms with Crippen LogP contribution in [0.5, 0.6) is 0 Å². The van der Waals surface area contributed by atoms with Gasteiger partial charge < -0.3 is 5.32 Å². The molecule has 4 nitrogen and oxygen atoms in total. The van der Waals surface area contributed by atoms with Crippen molar-refractivity contribution >= 4 is 34.8 Å².